The van der Waals surface area contributed by atoms with Crippen molar-refractivity contribution >= 4 is 28.5 Å². The molecule has 0 bridgehead atoms. The van der Waals surface area contributed by atoms with Crippen molar-refractivity contribution in [3.8, 4) is 0 Å². The largest absolute Gasteiger partial charge is 0.293 e. The maximum absolute atomic E-state index is 11.3. The Morgan fingerprint density at radius 2 is 1.86 bits per heavy atom. The van der Waals surface area contributed by atoms with Crippen molar-refractivity contribution in [3.63, 3.8) is 0 Å². The van der Waals surface area contributed by atoms with Gasteiger partial charge in [0.15, 0.2) is 5.78 Å². The fraction of sp³-hybridized carbons (Fsp3) is 0.105. The summed E-state index contributed by atoms with van der Waals surface area (Å²) in [6.45, 7) is 1.52. The zero-order valence-electron chi connectivity index (χ0n) is 12.4. The lowest BCUT2D eigenvalue weighted by atomic mass is 10.1. The first-order valence-electron chi connectivity index (χ1n) is 7.20. The van der Waals surface area contributed by atoms with Gasteiger partial charge in [-0.05, 0) is 35.0 Å². The van der Waals surface area contributed by atoms with E-state index in [1.165, 1.54) is 17.7 Å². The Morgan fingerprint density at radius 1 is 1.05 bits per heavy atom. The number of fused-ring (bicyclic) bond motifs is 1. The van der Waals surface area contributed by atoms with Gasteiger partial charge in [-0.3, -0.25) is 9.79 Å². The summed E-state index contributed by atoms with van der Waals surface area (Å²) in [5, 5.41) is 2.38. The molecule has 1 heterocycles. The molecule has 0 fully saturated rings. The molecule has 0 radical (unpaired) electrons. The van der Waals surface area contributed by atoms with Crippen LogP contribution < -0.4 is 0 Å². The summed E-state index contributed by atoms with van der Waals surface area (Å²) in [7, 11) is 0. The van der Waals surface area contributed by atoms with Crippen LogP contribution in [-0.2, 0) is 6.42 Å². The number of nitrogens with zero attached hydrogens (tertiary/aromatic N) is 2. The summed E-state index contributed by atoms with van der Waals surface area (Å²) >= 11 is 0. The minimum absolute atomic E-state index is 0.0201. The van der Waals surface area contributed by atoms with Crippen LogP contribution in [0.25, 0.3) is 10.8 Å². The van der Waals surface area contributed by atoms with Gasteiger partial charge in [0.1, 0.15) is 5.69 Å². The number of carbonyl (C=O) groups excluding carboxylic acids is 1. The zero-order valence-corrected chi connectivity index (χ0v) is 12.4. The number of hydrogen-bond acceptors (Lipinski definition) is 3. The maximum Gasteiger partial charge on any atom is 0.178 e. The van der Waals surface area contributed by atoms with Crippen molar-refractivity contribution in [2.24, 2.45) is 4.99 Å². The Kier molecular flexibility index (Phi) is 4.05. The fourth-order valence-electron chi connectivity index (χ4n) is 2.29. The molecule has 3 rings (SSSR count). The molecule has 108 valence electrons. The topological polar surface area (TPSA) is 42.3 Å². The lowest BCUT2D eigenvalue weighted by Gasteiger charge is -2.00. The molecule has 1 aromatic heterocycles. The van der Waals surface area contributed by atoms with Gasteiger partial charge in [0.25, 0.3) is 0 Å². The van der Waals surface area contributed by atoms with Gasteiger partial charge in [0.05, 0.1) is 5.69 Å². The van der Waals surface area contributed by atoms with Crippen molar-refractivity contribution in [3.05, 3.63) is 72.1 Å². The number of rotatable bonds is 4. The normalized spacial score (nSPS) is 11.1. The van der Waals surface area contributed by atoms with Crippen LogP contribution in [0.1, 0.15) is 23.1 Å². The molecule has 0 spiro atoms. The second-order valence-electron chi connectivity index (χ2n) is 5.12. The van der Waals surface area contributed by atoms with Gasteiger partial charge in [-0.2, -0.15) is 0 Å². The van der Waals surface area contributed by atoms with E-state index in [9.17, 15) is 4.79 Å². The molecule has 0 aliphatic heterocycles. The number of pyridine rings is 1. The van der Waals surface area contributed by atoms with E-state index in [2.05, 4.69) is 34.2 Å². The molecule has 3 aromatic rings. The fourth-order valence-corrected chi connectivity index (χ4v) is 2.29. The Balaban J connectivity index is 1.75. The predicted octanol–water partition coefficient (Wildman–Crippen LogP) is 4.38. The molecule has 0 atom stereocenters. The highest BCUT2D eigenvalue weighted by Crippen LogP contribution is 2.20. The molecular weight excluding hydrogens is 272 g/mol. The zero-order chi connectivity index (χ0) is 15.4. The number of ketones is 1. The molecule has 0 unspecified atom stereocenters. The summed E-state index contributed by atoms with van der Waals surface area (Å²) < 4.78 is 0. The minimum atomic E-state index is -0.0201. The third kappa shape index (κ3) is 3.26. The molecular formula is C19H16N2O. The van der Waals surface area contributed by atoms with Crippen molar-refractivity contribution in [2.75, 3.05) is 0 Å². The third-order valence-corrected chi connectivity index (χ3v) is 3.44. The first-order chi connectivity index (χ1) is 10.7. The molecule has 0 saturated heterocycles. The number of benzene rings is 2. The first-order valence-corrected chi connectivity index (χ1v) is 7.20. The average molecular weight is 288 g/mol. The van der Waals surface area contributed by atoms with Crippen LogP contribution in [-0.4, -0.2) is 17.0 Å². The van der Waals surface area contributed by atoms with E-state index < -0.39 is 0 Å². The molecule has 0 amide bonds. The Labute approximate surface area is 129 Å². The summed E-state index contributed by atoms with van der Waals surface area (Å²) in [5.41, 5.74) is 2.26. The molecule has 3 nitrogen and oxygen atoms in total. The van der Waals surface area contributed by atoms with Crippen molar-refractivity contribution < 1.29 is 4.79 Å². The van der Waals surface area contributed by atoms with Crippen molar-refractivity contribution in [1.82, 2.24) is 4.98 Å². The highest BCUT2D eigenvalue weighted by atomic mass is 16.1. The lowest BCUT2D eigenvalue weighted by Crippen LogP contribution is -2.00. The van der Waals surface area contributed by atoms with Crippen LogP contribution in [0.4, 0.5) is 5.69 Å². The molecule has 3 heteroatoms. The van der Waals surface area contributed by atoms with Crippen LogP contribution in [0.15, 0.2) is 65.7 Å². The van der Waals surface area contributed by atoms with Crippen LogP contribution >= 0.6 is 0 Å². The number of Topliss-reactive ketones (excluding diaryl/α,β-unsaturated/α-hetero) is 1. The van der Waals surface area contributed by atoms with Crippen molar-refractivity contribution in [2.45, 2.75) is 13.3 Å². The molecule has 0 N–H and O–H groups in total. The number of aliphatic imine (C=N–C) groups is 1. The van der Waals surface area contributed by atoms with Crippen LogP contribution in [0.3, 0.4) is 0 Å². The number of carbonyl (C=O) groups is 1. The molecule has 22 heavy (non-hydrogen) atoms. The van der Waals surface area contributed by atoms with Crippen LogP contribution in [0, 0.1) is 0 Å². The van der Waals surface area contributed by atoms with E-state index in [-0.39, 0.29) is 5.78 Å². The predicted molar refractivity (Wildman–Crippen MR) is 90.0 cm³/mol. The minimum Gasteiger partial charge on any atom is -0.293 e. The summed E-state index contributed by atoms with van der Waals surface area (Å²) in [4.78, 5) is 20.1. The third-order valence-electron chi connectivity index (χ3n) is 3.44. The van der Waals surface area contributed by atoms with Gasteiger partial charge in [0.2, 0.25) is 0 Å². The van der Waals surface area contributed by atoms with Gasteiger partial charge in [-0.15, -0.1) is 0 Å². The quantitative estimate of drug-likeness (QED) is 0.528. The highest BCUT2D eigenvalue weighted by Gasteiger charge is 2.01. The van der Waals surface area contributed by atoms with E-state index in [1.54, 1.807) is 6.07 Å². The Bertz CT molecular complexity index is 853. The van der Waals surface area contributed by atoms with E-state index in [0.717, 1.165) is 11.4 Å². The molecule has 0 aliphatic carbocycles. The van der Waals surface area contributed by atoms with Crippen LogP contribution in [0.5, 0.6) is 0 Å². The summed E-state index contributed by atoms with van der Waals surface area (Å²) in [6.07, 6.45) is 2.43. The van der Waals surface area contributed by atoms with Gasteiger partial charge in [0, 0.05) is 25.3 Å². The smallest absolute Gasteiger partial charge is 0.178 e. The summed E-state index contributed by atoms with van der Waals surface area (Å²) in [6, 6.07) is 19.8. The molecule has 0 saturated carbocycles. The van der Waals surface area contributed by atoms with Gasteiger partial charge in [-0.1, -0.05) is 36.4 Å². The number of aromatic nitrogens is 1. The van der Waals surface area contributed by atoms with E-state index >= 15 is 0 Å². The SMILES string of the molecule is CC(=O)c1cccc(CC=Nc2ccc3ccccc3c2)n1. The summed E-state index contributed by atoms with van der Waals surface area (Å²) in [5.74, 6) is -0.0201. The van der Waals surface area contributed by atoms with E-state index in [0.29, 0.717) is 12.1 Å². The lowest BCUT2D eigenvalue weighted by molar-refractivity contribution is 0.101. The Morgan fingerprint density at radius 3 is 2.68 bits per heavy atom. The van der Waals surface area contributed by atoms with Crippen molar-refractivity contribution in [1.29, 1.82) is 0 Å². The van der Waals surface area contributed by atoms with Gasteiger partial charge < -0.3 is 0 Å². The van der Waals surface area contributed by atoms with Gasteiger partial charge in [-0.25, -0.2) is 4.98 Å². The molecule has 2 aromatic carbocycles. The first kappa shape index (κ1) is 14.1. The monoisotopic (exact) mass is 288 g/mol. The average Bonchev–Trinajstić information content (AvgIpc) is 2.55. The van der Waals surface area contributed by atoms with E-state index in [1.807, 2.05) is 36.5 Å². The second-order valence-corrected chi connectivity index (χ2v) is 5.12. The van der Waals surface area contributed by atoms with E-state index in [4.69, 9.17) is 0 Å². The molecule has 0 aliphatic rings. The number of hydrogen-bond donors (Lipinski definition) is 0. The second kappa shape index (κ2) is 6.31. The standard InChI is InChI=1S/C19H16N2O/c1-14(22)19-8-4-7-17(21-19)11-12-20-18-10-9-15-5-2-3-6-16(15)13-18/h2-10,12-13H,11H2,1H3. The maximum atomic E-state index is 11.3. The van der Waals surface area contributed by atoms with Crippen LogP contribution in [0.2, 0.25) is 0 Å². The highest BCUT2D eigenvalue weighted by molar-refractivity contribution is 5.92. The van der Waals surface area contributed by atoms with Gasteiger partial charge >= 0.3 is 0 Å². The Hall–Kier alpha value is -2.81.